The maximum Gasteiger partial charge on any atom is 0.143 e. The third kappa shape index (κ3) is 4.24. The molecule has 0 saturated heterocycles. The van der Waals surface area contributed by atoms with Crippen molar-refractivity contribution in [2.75, 3.05) is 4.90 Å². The lowest BCUT2D eigenvalue weighted by Gasteiger charge is -2.35. The first-order valence-electron chi connectivity index (χ1n) is 16.7. The summed E-state index contributed by atoms with van der Waals surface area (Å²) in [6, 6.07) is 52.9. The number of furan rings is 2. The first-order chi connectivity index (χ1) is 24.0. The van der Waals surface area contributed by atoms with Gasteiger partial charge in [-0.1, -0.05) is 92.7 Å². The summed E-state index contributed by atoms with van der Waals surface area (Å²) in [5.74, 6) is 1.77. The molecule has 0 amide bonds. The number of hydrogen-bond acceptors (Lipinski definition) is 4. The SMILES string of the molecule is CC1(C)c2cc(-c3ccc(N(c4ccccc4)c4ccc5c(c4)oc4ccccc45)cc3)ccc2Oc2c1ccc1oc3ccccc3c21. The summed E-state index contributed by atoms with van der Waals surface area (Å²) in [5, 5.41) is 4.36. The molecule has 10 rings (SSSR count). The van der Waals surface area contributed by atoms with Crippen molar-refractivity contribution in [1.29, 1.82) is 0 Å². The summed E-state index contributed by atoms with van der Waals surface area (Å²) in [6.07, 6.45) is 0. The summed E-state index contributed by atoms with van der Waals surface area (Å²) < 4.78 is 19.2. The molecular formula is C45H31NO3. The first kappa shape index (κ1) is 27.8. The van der Waals surface area contributed by atoms with E-state index >= 15 is 0 Å². The standard InChI is InChI=1S/C45H31NO3/c1-45(2)36-23-25-41-43(35-13-7-9-15-39(35)47-41)44(36)49-40-24-18-29(26-37(40)45)28-16-19-31(20-17-28)46(30-10-4-3-5-11-30)32-21-22-34-33-12-6-8-14-38(33)48-42(34)27-32/h3-27H,1-2H3. The highest BCUT2D eigenvalue weighted by atomic mass is 16.5. The van der Waals surface area contributed by atoms with Crippen LogP contribution in [0.2, 0.25) is 0 Å². The van der Waals surface area contributed by atoms with Gasteiger partial charge in [-0.2, -0.15) is 0 Å². The van der Waals surface area contributed by atoms with E-state index in [0.717, 1.165) is 89.1 Å². The van der Waals surface area contributed by atoms with Gasteiger partial charge in [0.15, 0.2) is 0 Å². The topological polar surface area (TPSA) is 38.8 Å². The minimum atomic E-state index is -0.273. The van der Waals surface area contributed by atoms with E-state index in [9.17, 15) is 0 Å². The molecule has 7 aromatic carbocycles. The predicted molar refractivity (Wildman–Crippen MR) is 200 cm³/mol. The Morgan fingerprint density at radius 1 is 0.449 bits per heavy atom. The van der Waals surface area contributed by atoms with Gasteiger partial charge in [-0.3, -0.25) is 0 Å². The number of hydrogen-bond donors (Lipinski definition) is 0. The van der Waals surface area contributed by atoms with Gasteiger partial charge >= 0.3 is 0 Å². The van der Waals surface area contributed by atoms with Crippen LogP contribution in [-0.4, -0.2) is 0 Å². The van der Waals surface area contributed by atoms with Crippen molar-refractivity contribution in [2.45, 2.75) is 19.3 Å². The van der Waals surface area contributed by atoms with E-state index in [4.69, 9.17) is 13.6 Å². The van der Waals surface area contributed by atoms with Crippen molar-refractivity contribution in [2.24, 2.45) is 0 Å². The lowest BCUT2D eigenvalue weighted by atomic mass is 9.74. The summed E-state index contributed by atoms with van der Waals surface area (Å²) in [7, 11) is 0. The van der Waals surface area contributed by atoms with E-state index < -0.39 is 0 Å². The van der Waals surface area contributed by atoms with Crippen molar-refractivity contribution in [1.82, 2.24) is 0 Å². The quantitative estimate of drug-likeness (QED) is 0.193. The van der Waals surface area contributed by atoms with E-state index in [2.05, 4.69) is 140 Å². The highest BCUT2D eigenvalue weighted by Gasteiger charge is 2.36. The van der Waals surface area contributed by atoms with Crippen molar-refractivity contribution >= 4 is 60.9 Å². The molecule has 234 valence electrons. The van der Waals surface area contributed by atoms with E-state index in [1.807, 2.05) is 30.3 Å². The summed E-state index contributed by atoms with van der Waals surface area (Å²) in [4.78, 5) is 2.28. The molecule has 49 heavy (non-hydrogen) atoms. The Morgan fingerprint density at radius 2 is 1.08 bits per heavy atom. The fourth-order valence-electron chi connectivity index (χ4n) is 7.61. The normalized spacial score (nSPS) is 13.4. The molecule has 0 radical (unpaired) electrons. The second kappa shape index (κ2) is 10.4. The zero-order chi connectivity index (χ0) is 32.7. The number of para-hydroxylation sites is 3. The van der Waals surface area contributed by atoms with Crippen LogP contribution in [0.25, 0.3) is 55.0 Å². The summed E-state index contributed by atoms with van der Waals surface area (Å²) >= 11 is 0. The van der Waals surface area contributed by atoms with Gasteiger partial charge in [-0.05, 0) is 77.9 Å². The Labute approximate surface area is 283 Å². The number of fused-ring (bicyclic) bond motifs is 9. The molecule has 0 unspecified atom stereocenters. The summed E-state index contributed by atoms with van der Waals surface area (Å²) in [6.45, 7) is 4.56. The van der Waals surface area contributed by atoms with Crippen LogP contribution in [0.5, 0.6) is 11.5 Å². The predicted octanol–water partition coefficient (Wildman–Crippen LogP) is 13.1. The third-order valence-electron chi connectivity index (χ3n) is 10.1. The molecule has 1 aliphatic heterocycles. The maximum absolute atomic E-state index is 6.71. The van der Waals surface area contributed by atoms with Crippen molar-refractivity contribution in [3.63, 3.8) is 0 Å². The fourth-order valence-corrected chi connectivity index (χ4v) is 7.61. The summed E-state index contributed by atoms with van der Waals surface area (Å²) in [5.41, 5.74) is 11.0. The largest absolute Gasteiger partial charge is 0.456 e. The lowest BCUT2D eigenvalue weighted by molar-refractivity contribution is 0.423. The first-order valence-corrected chi connectivity index (χ1v) is 16.7. The van der Waals surface area contributed by atoms with E-state index in [-0.39, 0.29) is 5.41 Å². The van der Waals surface area contributed by atoms with Crippen LogP contribution in [0.4, 0.5) is 17.1 Å². The second-order valence-corrected chi connectivity index (χ2v) is 13.3. The van der Waals surface area contributed by atoms with Crippen LogP contribution in [-0.2, 0) is 5.41 Å². The highest BCUT2D eigenvalue weighted by molar-refractivity contribution is 6.09. The molecule has 0 atom stereocenters. The monoisotopic (exact) mass is 633 g/mol. The minimum absolute atomic E-state index is 0.273. The number of benzene rings is 7. The number of rotatable bonds is 4. The molecular weight excluding hydrogens is 602 g/mol. The van der Waals surface area contributed by atoms with E-state index in [1.54, 1.807) is 0 Å². The minimum Gasteiger partial charge on any atom is -0.456 e. The Hall–Kier alpha value is -6.26. The zero-order valence-electron chi connectivity index (χ0n) is 27.1. The van der Waals surface area contributed by atoms with Gasteiger partial charge in [0.25, 0.3) is 0 Å². The molecule has 9 aromatic rings. The van der Waals surface area contributed by atoms with Gasteiger partial charge in [0.05, 0.1) is 5.39 Å². The molecule has 0 bridgehead atoms. The van der Waals surface area contributed by atoms with Gasteiger partial charge in [-0.15, -0.1) is 0 Å². The highest BCUT2D eigenvalue weighted by Crippen LogP contribution is 2.53. The Morgan fingerprint density at radius 3 is 1.90 bits per heavy atom. The lowest BCUT2D eigenvalue weighted by Crippen LogP contribution is -2.24. The maximum atomic E-state index is 6.71. The smallest absolute Gasteiger partial charge is 0.143 e. The molecule has 0 saturated carbocycles. The average Bonchev–Trinajstić information content (AvgIpc) is 3.71. The number of anilines is 3. The van der Waals surface area contributed by atoms with Crippen LogP contribution in [0.3, 0.4) is 0 Å². The van der Waals surface area contributed by atoms with Crippen LogP contribution in [0, 0.1) is 0 Å². The van der Waals surface area contributed by atoms with Crippen molar-refractivity contribution in [3.05, 3.63) is 163 Å². The van der Waals surface area contributed by atoms with Gasteiger partial charge in [0.2, 0.25) is 0 Å². The fraction of sp³-hybridized carbons (Fsp3) is 0.0667. The molecule has 2 aromatic heterocycles. The third-order valence-corrected chi connectivity index (χ3v) is 10.1. The zero-order valence-corrected chi connectivity index (χ0v) is 27.1. The van der Waals surface area contributed by atoms with E-state index in [1.165, 1.54) is 5.56 Å². The molecule has 0 spiro atoms. The molecule has 0 fully saturated rings. The van der Waals surface area contributed by atoms with Gasteiger partial charge in [-0.25, -0.2) is 0 Å². The number of nitrogens with zero attached hydrogens (tertiary/aromatic N) is 1. The molecule has 4 heteroatoms. The van der Waals surface area contributed by atoms with Gasteiger partial charge in [0.1, 0.15) is 33.8 Å². The van der Waals surface area contributed by atoms with E-state index in [0.29, 0.717) is 0 Å². The average molecular weight is 634 g/mol. The second-order valence-electron chi connectivity index (χ2n) is 13.3. The molecule has 3 heterocycles. The van der Waals surface area contributed by atoms with Crippen molar-refractivity contribution in [3.8, 4) is 22.6 Å². The molecule has 4 nitrogen and oxygen atoms in total. The van der Waals surface area contributed by atoms with Crippen LogP contribution in [0.1, 0.15) is 25.0 Å². The Balaban J connectivity index is 1.03. The Bertz CT molecular complexity index is 2720. The van der Waals surface area contributed by atoms with Crippen LogP contribution >= 0.6 is 0 Å². The van der Waals surface area contributed by atoms with Crippen molar-refractivity contribution < 1.29 is 13.6 Å². The molecule has 0 aliphatic carbocycles. The molecule has 1 aliphatic rings. The molecule has 0 N–H and O–H groups in total. The van der Waals surface area contributed by atoms with Gasteiger partial charge in [0, 0.05) is 55.8 Å². The van der Waals surface area contributed by atoms with Crippen LogP contribution < -0.4 is 9.64 Å². The van der Waals surface area contributed by atoms with Crippen LogP contribution in [0.15, 0.2) is 160 Å². The van der Waals surface area contributed by atoms with Gasteiger partial charge < -0.3 is 18.5 Å². The number of ether oxygens (including phenoxy) is 1. The Kier molecular flexibility index (Phi) is 5.89.